The number of nitrogens with one attached hydrogen (secondary N) is 3. The summed E-state index contributed by atoms with van der Waals surface area (Å²) < 4.78 is 5.09. The normalized spacial score (nSPS) is 11.2. The molecule has 0 bridgehead atoms. The molecule has 3 N–H and O–H groups in total. The van der Waals surface area contributed by atoms with Crippen LogP contribution in [0.1, 0.15) is 27.2 Å². The van der Waals surface area contributed by atoms with Gasteiger partial charge in [0.25, 0.3) is 0 Å². The molecular weight excluding hydrogens is 284 g/mol. The van der Waals surface area contributed by atoms with E-state index in [0.29, 0.717) is 5.69 Å². The number of rotatable bonds is 4. The highest BCUT2D eigenvalue weighted by Gasteiger charge is 2.16. The van der Waals surface area contributed by atoms with Gasteiger partial charge in [-0.2, -0.15) is 5.10 Å². The number of anilines is 1. The number of H-pyrrole nitrogens is 1. The van der Waals surface area contributed by atoms with E-state index in [-0.39, 0.29) is 18.9 Å². The highest BCUT2D eigenvalue weighted by atomic mass is 16.6. The Labute approximate surface area is 128 Å². The lowest BCUT2D eigenvalue weighted by atomic mass is 10.2. The van der Waals surface area contributed by atoms with Crippen molar-refractivity contribution in [3.63, 3.8) is 0 Å². The van der Waals surface area contributed by atoms with Gasteiger partial charge in [0.1, 0.15) is 5.60 Å². The van der Waals surface area contributed by atoms with Crippen LogP contribution in [-0.2, 0) is 9.53 Å². The summed E-state index contributed by atoms with van der Waals surface area (Å²) in [7, 11) is 0. The molecule has 0 saturated heterocycles. The Kier molecular flexibility index (Phi) is 4.65. The fourth-order valence-corrected chi connectivity index (χ4v) is 1.88. The van der Waals surface area contributed by atoms with E-state index < -0.39 is 11.7 Å². The van der Waals surface area contributed by atoms with E-state index in [1.165, 1.54) is 0 Å². The third-order valence-electron chi connectivity index (χ3n) is 2.77. The Bertz CT molecular complexity index is 673. The number of para-hydroxylation sites is 1. The summed E-state index contributed by atoms with van der Waals surface area (Å²) in [5, 5.41) is 13.0. The van der Waals surface area contributed by atoms with Crippen molar-refractivity contribution in [2.24, 2.45) is 0 Å². The molecule has 0 aliphatic carbocycles. The molecule has 2 rings (SSSR count). The molecule has 1 heterocycles. The van der Waals surface area contributed by atoms with E-state index >= 15 is 0 Å². The van der Waals surface area contributed by atoms with E-state index in [2.05, 4.69) is 20.8 Å². The molecule has 0 aliphatic heterocycles. The van der Waals surface area contributed by atoms with Gasteiger partial charge >= 0.3 is 6.09 Å². The number of hydrogen-bond donors (Lipinski definition) is 3. The zero-order chi connectivity index (χ0) is 16.2. The van der Waals surface area contributed by atoms with Gasteiger partial charge in [-0.15, -0.1) is 0 Å². The Hall–Kier alpha value is -2.57. The minimum Gasteiger partial charge on any atom is -0.444 e. The molecule has 2 amide bonds. The second kappa shape index (κ2) is 6.46. The van der Waals surface area contributed by atoms with Crippen molar-refractivity contribution in [3.8, 4) is 0 Å². The third kappa shape index (κ3) is 4.47. The summed E-state index contributed by atoms with van der Waals surface area (Å²) in [6, 6.07) is 5.53. The van der Waals surface area contributed by atoms with Crippen LogP contribution in [0.15, 0.2) is 24.4 Å². The number of hydrogen-bond acceptors (Lipinski definition) is 4. The van der Waals surface area contributed by atoms with Gasteiger partial charge in [0, 0.05) is 18.4 Å². The molecule has 0 aliphatic rings. The summed E-state index contributed by atoms with van der Waals surface area (Å²) in [5.74, 6) is -0.196. The zero-order valence-corrected chi connectivity index (χ0v) is 12.9. The number of carbonyl (C=O) groups excluding carboxylic acids is 2. The van der Waals surface area contributed by atoms with Crippen molar-refractivity contribution >= 4 is 28.6 Å². The molecule has 7 heteroatoms. The zero-order valence-electron chi connectivity index (χ0n) is 12.9. The summed E-state index contributed by atoms with van der Waals surface area (Å²) in [6.07, 6.45) is 1.31. The Morgan fingerprint density at radius 2 is 2.09 bits per heavy atom. The van der Waals surface area contributed by atoms with Crippen molar-refractivity contribution in [1.82, 2.24) is 15.5 Å². The molecule has 0 radical (unpaired) electrons. The van der Waals surface area contributed by atoms with Crippen LogP contribution in [0.4, 0.5) is 10.5 Å². The molecule has 0 atom stereocenters. The van der Waals surface area contributed by atoms with Gasteiger partial charge in [-0.25, -0.2) is 4.79 Å². The number of aromatic amines is 1. The first-order chi connectivity index (χ1) is 10.3. The number of amides is 2. The van der Waals surface area contributed by atoms with Gasteiger partial charge in [0.05, 0.1) is 17.4 Å². The number of carbonyl (C=O) groups is 2. The molecule has 0 saturated carbocycles. The number of benzene rings is 1. The Morgan fingerprint density at radius 1 is 1.32 bits per heavy atom. The third-order valence-corrected chi connectivity index (χ3v) is 2.77. The Balaban J connectivity index is 1.81. The first-order valence-electron chi connectivity index (χ1n) is 7.04. The number of ether oxygens (including phenoxy) is 1. The van der Waals surface area contributed by atoms with Gasteiger partial charge < -0.3 is 15.4 Å². The fourth-order valence-electron chi connectivity index (χ4n) is 1.88. The average molecular weight is 304 g/mol. The van der Waals surface area contributed by atoms with Crippen LogP contribution < -0.4 is 10.6 Å². The molecule has 1 aromatic carbocycles. The smallest absolute Gasteiger partial charge is 0.407 e. The summed E-state index contributed by atoms with van der Waals surface area (Å²) in [5.41, 5.74) is 0.885. The lowest BCUT2D eigenvalue weighted by Gasteiger charge is -2.19. The minimum atomic E-state index is -0.553. The van der Waals surface area contributed by atoms with Crippen molar-refractivity contribution in [3.05, 3.63) is 24.4 Å². The maximum absolute atomic E-state index is 11.9. The standard InChI is InChI=1S/C15H20N4O3/c1-15(2,3)22-14(21)16-8-7-12(20)18-11-6-4-5-10-9-17-19-13(10)11/h4-6,9H,7-8H2,1-3H3,(H,16,21)(H,17,19)(H,18,20). The number of alkyl carbamates (subject to hydrolysis) is 1. The van der Waals surface area contributed by atoms with Crippen LogP contribution in [0.2, 0.25) is 0 Å². The second-order valence-corrected chi connectivity index (χ2v) is 5.87. The van der Waals surface area contributed by atoms with Gasteiger partial charge in [-0.05, 0) is 26.8 Å². The van der Waals surface area contributed by atoms with Gasteiger partial charge in [0.2, 0.25) is 5.91 Å². The maximum atomic E-state index is 11.9. The molecule has 7 nitrogen and oxygen atoms in total. The van der Waals surface area contributed by atoms with E-state index in [1.807, 2.05) is 12.1 Å². The molecule has 22 heavy (non-hydrogen) atoms. The monoisotopic (exact) mass is 304 g/mol. The summed E-state index contributed by atoms with van der Waals surface area (Å²) >= 11 is 0. The van der Waals surface area contributed by atoms with Gasteiger partial charge in [-0.3, -0.25) is 9.89 Å². The first-order valence-corrected chi connectivity index (χ1v) is 7.04. The SMILES string of the molecule is CC(C)(C)OC(=O)NCCC(=O)Nc1cccc2cn[nH]c12. The van der Waals surface area contributed by atoms with Gasteiger partial charge in [0.15, 0.2) is 0 Å². The van der Waals surface area contributed by atoms with Crippen LogP contribution in [0.3, 0.4) is 0 Å². The van der Waals surface area contributed by atoms with Crippen LogP contribution in [0.25, 0.3) is 10.9 Å². The lowest BCUT2D eigenvalue weighted by molar-refractivity contribution is -0.116. The maximum Gasteiger partial charge on any atom is 0.407 e. The first kappa shape index (κ1) is 15.8. The van der Waals surface area contributed by atoms with E-state index in [1.54, 1.807) is 33.0 Å². The van der Waals surface area contributed by atoms with Gasteiger partial charge in [-0.1, -0.05) is 12.1 Å². The highest BCUT2D eigenvalue weighted by molar-refractivity contribution is 6.00. The van der Waals surface area contributed by atoms with Crippen molar-refractivity contribution in [1.29, 1.82) is 0 Å². The second-order valence-electron chi connectivity index (χ2n) is 5.87. The highest BCUT2D eigenvalue weighted by Crippen LogP contribution is 2.20. The topological polar surface area (TPSA) is 96.1 Å². The molecule has 0 fully saturated rings. The molecule has 0 spiro atoms. The fraction of sp³-hybridized carbons (Fsp3) is 0.400. The van der Waals surface area contributed by atoms with Crippen molar-refractivity contribution in [2.45, 2.75) is 32.8 Å². The van der Waals surface area contributed by atoms with Crippen molar-refractivity contribution in [2.75, 3.05) is 11.9 Å². The van der Waals surface area contributed by atoms with Crippen LogP contribution in [-0.4, -0.2) is 34.3 Å². The largest absolute Gasteiger partial charge is 0.444 e. The lowest BCUT2D eigenvalue weighted by Crippen LogP contribution is -2.34. The summed E-state index contributed by atoms with van der Waals surface area (Å²) in [6.45, 7) is 5.55. The van der Waals surface area contributed by atoms with Crippen molar-refractivity contribution < 1.29 is 14.3 Å². The van der Waals surface area contributed by atoms with E-state index in [0.717, 1.165) is 10.9 Å². The molecule has 2 aromatic rings. The summed E-state index contributed by atoms with van der Waals surface area (Å²) in [4.78, 5) is 23.4. The molecule has 118 valence electrons. The Morgan fingerprint density at radius 3 is 2.82 bits per heavy atom. The quantitative estimate of drug-likeness (QED) is 0.808. The number of fused-ring (bicyclic) bond motifs is 1. The van der Waals surface area contributed by atoms with Crippen LogP contribution in [0.5, 0.6) is 0 Å². The van der Waals surface area contributed by atoms with E-state index in [9.17, 15) is 9.59 Å². The average Bonchev–Trinajstić information content (AvgIpc) is 2.85. The minimum absolute atomic E-state index is 0.157. The number of aromatic nitrogens is 2. The molecular formula is C15H20N4O3. The van der Waals surface area contributed by atoms with Crippen LogP contribution >= 0.6 is 0 Å². The van der Waals surface area contributed by atoms with Crippen LogP contribution in [0, 0.1) is 0 Å². The van der Waals surface area contributed by atoms with E-state index in [4.69, 9.17) is 4.74 Å². The predicted octanol–water partition coefficient (Wildman–Crippen LogP) is 2.42. The molecule has 1 aromatic heterocycles. The molecule has 0 unspecified atom stereocenters. The number of nitrogens with zero attached hydrogens (tertiary/aromatic N) is 1. The predicted molar refractivity (Wildman–Crippen MR) is 83.6 cm³/mol.